The van der Waals surface area contributed by atoms with Crippen LogP contribution in [0.25, 0.3) is 0 Å². The van der Waals surface area contributed by atoms with Crippen molar-refractivity contribution in [2.24, 2.45) is 0 Å². The van der Waals surface area contributed by atoms with E-state index in [1.54, 1.807) is 0 Å². The molecule has 3 heterocycles. The Labute approximate surface area is 67.7 Å². The van der Waals surface area contributed by atoms with E-state index >= 15 is 0 Å². The van der Waals surface area contributed by atoms with Crippen LogP contribution < -0.4 is 0 Å². The zero-order valence-corrected chi connectivity index (χ0v) is 7.10. The lowest BCUT2D eigenvalue weighted by atomic mass is 9.88. The summed E-state index contributed by atoms with van der Waals surface area (Å²) in [7, 11) is 0. The fourth-order valence-corrected chi connectivity index (χ4v) is 3.94. The summed E-state index contributed by atoms with van der Waals surface area (Å²) in [6.45, 7) is 2.09. The van der Waals surface area contributed by atoms with Gasteiger partial charge in [-0.25, -0.2) is 4.21 Å². The van der Waals surface area contributed by atoms with Crippen molar-refractivity contribution >= 4 is 11.1 Å². The molecule has 0 N–H and O–H groups in total. The second-order valence-corrected chi connectivity index (χ2v) is 5.19. The second kappa shape index (κ2) is 1.70. The molecule has 3 saturated heterocycles. The molecule has 0 aromatic heterocycles. The molecule has 2 bridgehead atoms. The first-order valence-electron chi connectivity index (χ1n) is 3.93. The smallest absolute Gasteiger partial charge is 0.161 e. The molecular weight excluding hydrogens is 164 g/mol. The van der Waals surface area contributed by atoms with Crippen molar-refractivity contribution in [1.82, 2.24) is 0 Å². The van der Waals surface area contributed by atoms with Crippen molar-refractivity contribution < 1.29 is 13.1 Å². The normalized spacial score (nSPS) is 65.9. The van der Waals surface area contributed by atoms with Gasteiger partial charge in [-0.15, -0.1) is 0 Å². The fourth-order valence-electron chi connectivity index (χ4n) is 2.44. The van der Waals surface area contributed by atoms with Gasteiger partial charge in [0.25, 0.3) is 0 Å². The predicted octanol–water partition coefficient (Wildman–Crippen LogP) is 0.369. The summed E-state index contributed by atoms with van der Waals surface area (Å²) in [4.78, 5) is 0. The Hall–Kier alpha value is 0.0700. The van der Waals surface area contributed by atoms with Crippen LogP contribution in [-0.2, 0) is 20.0 Å². The fraction of sp³-hybridized carbons (Fsp3) is 1.00. The standard InChI is InChI=1S/C7H10O3S/c1-7-2-4-6(9-7)5(3-7)11(8)10-4/h4-6H,2-3H2,1H3. The lowest BCUT2D eigenvalue weighted by molar-refractivity contribution is 0.0229. The zero-order valence-electron chi connectivity index (χ0n) is 6.28. The van der Waals surface area contributed by atoms with Crippen molar-refractivity contribution in [3.63, 3.8) is 0 Å². The van der Waals surface area contributed by atoms with Gasteiger partial charge in [0.2, 0.25) is 0 Å². The van der Waals surface area contributed by atoms with Gasteiger partial charge < -0.3 is 4.74 Å². The number of hydrogen-bond acceptors (Lipinski definition) is 3. The lowest BCUT2D eigenvalue weighted by Crippen LogP contribution is -2.29. The first-order chi connectivity index (χ1) is 5.18. The minimum atomic E-state index is -1.07. The highest BCUT2D eigenvalue weighted by atomic mass is 32.2. The van der Waals surface area contributed by atoms with Crippen LogP contribution in [0.15, 0.2) is 0 Å². The quantitative estimate of drug-likeness (QED) is 0.532. The van der Waals surface area contributed by atoms with Crippen molar-refractivity contribution in [3.8, 4) is 0 Å². The molecule has 0 spiro atoms. The van der Waals surface area contributed by atoms with E-state index in [1.165, 1.54) is 0 Å². The van der Waals surface area contributed by atoms with Gasteiger partial charge in [-0.05, 0) is 13.3 Å². The number of ether oxygens (including phenoxy) is 1. The molecule has 0 radical (unpaired) electrons. The molecule has 62 valence electrons. The Bertz CT molecular complexity index is 238. The summed E-state index contributed by atoms with van der Waals surface area (Å²) in [5.41, 5.74) is -0.0217. The summed E-state index contributed by atoms with van der Waals surface area (Å²) < 4.78 is 22.2. The third kappa shape index (κ3) is 0.679. The molecule has 0 aromatic carbocycles. The molecule has 3 nitrogen and oxygen atoms in total. The van der Waals surface area contributed by atoms with E-state index in [0.29, 0.717) is 0 Å². The van der Waals surface area contributed by atoms with Crippen molar-refractivity contribution in [3.05, 3.63) is 0 Å². The third-order valence-electron chi connectivity index (χ3n) is 2.89. The molecule has 0 aromatic rings. The van der Waals surface area contributed by atoms with Crippen LogP contribution in [0.3, 0.4) is 0 Å². The monoisotopic (exact) mass is 174 g/mol. The van der Waals surface area contributed by atoms with E-state index < -0.39 is 11.1 Å². The summed E-state index contributed by atoms with van der Waals surface area (Å²) >= 11 is -1.07. The highest BCUT2D eigenvalue weighted by Gasteiger charge is 2.62. The van der Waals surface area contributed by atoms with E-state index in [1.807, 2.05) is 0 Å². The molecule has 5 atom stereocenters. The van der Waals surface area contributed by atoms with Gasteiger partial charge in [-0.1, -0.05) is 0 Å². The largest absolute Gasteiger partial charge is 0.368 e. The first-order valence-corrected chi connectivity index (χ1v) is 5.07. The molecular formula is C7H10O3S. The van der Waals surface area contributed by atoms with E-state index in [4.69, 9.17) is 8.92 Å². The van der Waals surface area contributed by atoms with E-state index in [-0.39, 0.29) is 23.1 Å². The predicted molar refractivity (Wildman–Crippen MR) is 39.3 cm³/mol. The van der Waals surface area contributed by atoms with Crippen LogP contribution in [-0.4, -0.2) is 27.3 Å². The molecule has 0 aliphatic carbocycles. The minimum Gasteiger partial charge on any atom is -0.368 e. The van der Waals surface area contributed by atoms with E-state index in [0.717, 1.165) is 12.8 Å². The van der Waals surface area contributed by atoms with Gasteiger partial charge in [-0.3, -0.25) is 4.18 Å². The molecule has 3 fully saturated rings. The van der Waals surface area contributed by atoms with E-state index in [9.17, 15) is 4.21 Å². The van der Waals surface area contributed by atoms with Crippen molar-refractivity contribution in [1.29, 1.82) is 0 Å². The lowest BCUT2D eigenvalue weighted by Gasteiger charge is -2.17. The number of hydrogen-bond donors (Lipinski definition) is 0. The molecule has 11 heavy (non-hydrogen) atoms. The number of rotatable bonds is 0. The Balaban J connectivity index is 2.06. The van der Waals surface area contributed by atoms with Crippen molar-refractivity contribution in [2.75, 3.05) is 0 Å². The van der Waals surface area contributed by atoms with Gasteiger partial charge >= 0.3 is 0 Å². The van der Waals surface area contributed by atoms with Gasteiger partial charge in [0, 0.05) is 6.42 Å². The second-order valence-electron chi connectivity index (χ2n) is 3.87. The Morgan fingerprint density at radius 1 is 1.55 bits per heavy atom. The van der Waals surface area contributed by atoms with Gasteiger partial charge in [-0.2, -0.15) is 0 Å². The van der Waals surface area contributed by atoms with Crippen LogP contribution in [0, 0.1) is 0 Å². The molecule has 0 amide bonds. The third-order valence-corrected chi connectivity index (χ3v) is 4.25. The van der Waals surface area contributed by atoms with Crippen LogP contribution in [0.5, 0.6) is 0 Å². The van der Waals surface area contributed by atoms with Crippen LogP contribution >= 0.6 is 0 Å². The van der Waals surface area contributed by atoms with Crippen LogP contribution in [0.1, 0.15) is 19.8 Å². The average Bonchev–Trinajstić information content (AvgIpc) is 2.41. The van der Waals surface area contributed by atoms with E-state index in [2.05, 4.69) is 6.92 Å². The molecule has 3 aliphatic rings. The van der Waals surface area contributed by atoms with Gasteiger partial charge in [0.15, 0.2) is 11.1 Å². The topological polar surface area (TPSA) is 35.5 Å². The number of fused-ring (bicyclic) bond motifs is 1. The Morgan fingerprint density at radius 3 is 2.91 bits per heavy atom. The minimum absolute atomic E-state index is 0.0217. The average molecular weight is 174 g/mol. The van der Waals surface area contributed by atoms with Crippen LogP contribution in [0.4, 0.5) is 0 Å². The SMILES string of the molecule is CC12CC3OS(=O)C(C1)C3O2. The zero-order chi connectivity index (χ0) is 7.64. The highest BCUT2D eigenvalue weighted by Crippen LogP contribution is 2.51. The molecule has 5 unspecified atom stereocenters. The van der Waals surface area contributed by atoms with Gasteiger partial charge in [0.05, 0.1) is 10.9 Å². The first kappa shape index (κ1) is 6.57. The summed E-state index contributed by atoms with van der Waals surface area (Å²) in [6.07, 6.45) is 2.11. The molecule has 3 rings (SSSR count). The van der Waals surface area contributed by atoms with Gasteiger partial charge in [0.1, 0.15) is 12.2 Å². The summed E-state index contributed by atoms with van der Waals surface area (Å²) in [5, 5.41) is 0.166. The summed E-state index contributed by atoms with van der Waals surface area (Å²) in [5.74, 6) is 0. The maximum Gasteiger partial charge on any atom is 0.161 e. The van der Waals surface area contributed by atoms with Crippen LogP contribution in [0.2, 0.25) is 0 Å². The molecule has 4 heteroatoms. The Morgan fingerprint density at radius 2 is 2.36 bits per heavy atom. The molecule has 3 aliphatic heterocycles. The highest BCUT2D eigenvalue weighted by molar-refractivity contribution is 7.81. The molecule has 0 saturated carbocycles. The summed E-state index contributed by atoms with van der Waals surface area (Å²) in [6, 6.07) is 0. The Kier molecular flexibility index (Phi) is 1.02. The maximum absolute atomic E-state index is 11.2. The maximum atomic E-state index is 11.2. The van der Waals surface area contributed by atoms with Crippen molar-refractivity contribution in [2.45, 2.75) is 42.8 Å².